The number of aliphatic imine (C=N–C) groups is 1. The highest BCUT2D eigenvalue weighted by Gasteiger charge is 2.25. The summed E-state index contributed by atoms with van der Waals surface area (Å²) in [6.07, 6.45) is 5.61. The van der Waals surface area contributed by atoms with Crippen LogP contribution in [0.2, 0.25) is 0 Å². The van der Waals surface area contributed by atoms with Crippen LogP contribution in [0.15, 0.2) is 23.7 Å². The van der Waals surface area contributed by atoms with Crippen LogP contribution in [-0.4, -0.2) is 61.6 Å². The number of nitrogens with zero attached hydrogens (tertiary/aromatic N) is 7. The molecule has 0 bridgehead atoms. The molecule has 0 saturated carbocycles. The number of hydrogen-bond acceptors (Lipinski definition) is 5. The smallest absolute Gasteiger partial charge is 0.194 e. The number of morpholine rings is 1. The van der Waals surface area contributed by atoms with Crippen LogP contribution in [0.1, 0.15) is 31.3 Å². The van der Waals surface area contributed by atoms with Gasteiger partial charge in [-0.1, -0.05) is 0 Å². The van der Waals surface area contributed by atoms with E-state index in [0.717, 1.165) is 43.5 Å². The first kappa shape index (κ1) is 17.4. The van der Waals surface area contributed by atoms with Crippen molar-refractivity contribution in [3.8, 4) is 0 Å². The number of aryl methyl sites for hydroxylation is 2. The molecular weight excluding hydrogens is 320 g/mol. The second-order valence-corrected chi connectivity index (χ2v) is 5.96. The van der Waals surface area contributed by atoms with Crippen molar-refractivity contribution in [2.75, 3.05) is 26.2 Å². The van der Waals surface area contributed by atoms with Crippen LogP contribution in [-0.2, 0) is 24.9 Å². The van der Waals surface area contributed by atoms with Gasteiger partial charge in [0.1, 0.15) is 19.0 Å². The molecule has 2 aromatic heterocycles. The third kappa shape index (κ3) is 4.16. The first-order chi connectivity index (χ1) is 12.2. The first-order valence-corrected chi connectivity index (χ1v) is 8.71. The minimum Gasteiger partial charge on any atom is -0.370 e. The SMILES string of the molecule is CCNC(=NCc1nncn1CC)N1CCOC(c2cnn(C)c2)C1. The standard InChI is InChI=1S/C16H26N8O/c1-4-17-16(18-9-15-21-19-12-23(15)5-2)24-6-7-25-14(11-24)13-8-20-22(3)10-13/h8,10,12,14H,4-7,9,11H2,1-3H3,(H,17,18). The van der Waals surface area contributed by atoms with Gasteiger partial charge in [-0.15, -0.1) is 10.2 Å². The van der Waals surface area contributed by atoms with Gasteiger partial charge < -0.3 is 19.5 Å². The summed E-state index contributed by atoms with van der Waals surface area (Å²) in [6, 6.07) is 0. The maximum absolute atomic E-state index is 5.92. The van der Waals surface area contributed by atoms with Gasteiger partial charge in [0.2, 0.25) is 0 Å². The van der Waals surface area contributed by atoms with E-state index in [1.54, 1.807) is 11.0 Å². The van der Waals surface area contributed by atoms with Crippen molar-refractivity contribution < 1.29 is 4.74 Å². The largest absolute Gasteiger partial charge is 0.370 e. The summed E-state index contributed by atoms with van der Waals surface area (Å²) in [5.41, 5.74) is 1.09. The van der Waals surface area contributed by atoms with E-state index in [1.807, 2.05) is 24.0 Å². The highest BCUT2D eigenvalue weighted by atomic mass is 16.5. The molecule has 0 amide bonds. The Bertz CT molecular complexity index is 707. The Labute approximate surface area is 147 Å². The maximum Gasteiger partial charge on any atom is 0.194 e. The highest BCUT2D eigenvalue weighted by Crippen LogP contribution is 2.21. The Morgan fingerprint density at radius 1 is 1.44 bits per heavy atom. The van der Waals surface area contributed by atoms with Crippen LogP contribution in [0.5, 0.6) is 0 Å². The van der Waals surface area contributed by atoms with E-state index >= 15 is 0 Å². The molecule has 0 spiro atoms. The van der Waals surface area contributed by atoms with E-state index in [9.17, 15) is 0 Å². The average molecular weight is 346 g/mol. The fourth-order valence-electron chi connectivity index (χ4n) is 2.89. The van der Waals surface area contributed by atoms with E-state index in [0.29, 0.717) is 13.2 Å². The molecule has 0 aliphatic carbocycles. The summed E-state index contributed by atoms with van der Waals surface area (Å²) in [5, 5.41) is 15.7. The van der Waals surface area contributed by atoms with Gasteiger partial charge in [-0.3, -0.25) is 4.68 Å². The lowest BCUT2D eigenvalue weighted by atomic mass is 10.1. The molecule has 3 heterocycles. The Balaban J connectivity index is 1.71. The summed E-state index contributed by atoms with van der Waals surface area (Å²) in [4.78, 5) is 6.99. The molecule has 1 aliphatic rings. The normalized spacial score (nSPS) is 18.6. The molecule has 1 atom stereocenters. The lowest BCUT2D eigenvalue weighted by molar-refractivity contribution is -0.00805. The van der Waals surface area contributed by atoms with Gasteiger partial charge in [0.15, 0.2) is 11.8 Å². The fraction of sp³-hybridized carbons (Fsp3) is 0.625. The molecule has 1 unspecified atom stereocenters. The Hall–Kier alpha value is -2.42. The second-order valence-electron chi connectivity index (χ2n) is 5.96. The van der Waals surface area contributed by atoms with E-state index in [1.165, 1.54) is 0 Å². The van der Waals surface area contributed by atoms with E-state index in [4.69, 9.17) is 9.73 Å². The Morgan fingerprint density at radius 2 is 2.32 bits per heavy atom. The highest BCUT2D eigenvalue weighted by molar-refractivity contribution is 5.80. The summed E-state index contributed by atoms with van der Waals surface area (Å²) in [5.74, 6) is 1.75. The molecule has 9 heteroatoms. The van der Waals surface area contributed by atoms with Gasteiger partial charge >= 0.3 is 0 Å². The topological polar surface area (TPSA) is 85.4 Å². The van der Waals surface area contributed by atoms with Gasteiger partial charge in [0, 0.05) is 38.4 Å². The molecule has 1 aliphatic heterocycles. The quantitative estimate of drug-likeness (QED) is 0.629. The molecule has 3 rings (SSSR count). The molecule has 1 N–H and O–H groups in total. The summed E-state index contributed by atoms with van der Waals surface area (Å²) >= 11 is 0. The van der Waals surface area contributed by atoms with Crippen LogP contribution in [0.4, 0.5) is 0 Å². The summed E-state index contributed by atoms with van der Waals surface area (Å²) < 4.78 is 9.72. The zero-order chi connectivity index (χ0) is 17.6. The summed E-state index contributed by atoms with van der Waals surface area (Å²) in [7, 11) is 1.92. The summed E-state index contributed by atoms with van der Waals surface area (Å²) in [6.45, 7) is 8.52. The number of nitrogens with one attached hydrogen (secondary N) is 1. The van der Waals surface area contributed by atoms with Crippen LogP contribution in [0.3, 0.4) is 0 Å². The van der Waals surface area contributed by atoms with Crippen LogP contribution >= 0.6 is 0 Å². The molecule has 1 fully saturated rings. The Kier molecular flexibility index (Phi) is 5.64. The molecular formula is C16H26N8O. The van der Waals surface area contributed by atoms with Crippen molar-refractivity contribution in [1.29, 1.82) is 0 Å². The molecule has 9 nitrogen and oxygen atoms in total. The van der Waals surface area contributed by atoms with Crippen molar-refractivity contribution in [3.63, 3.8) is 0 Å². The molecule has 2 aromatic rings. The van der Waals surface area contributed by atoms with Crippen molar-refractivity contribution in [2.24, 2.45) is 12.0 Å². The predicted molar refractivity (Wildman–Crippen MR) is 94.0 cm³/mol. The fourth-order valence-corrected chi connectivity index (χ4v) is 2.89. The van der Waals surface area contributed by atoms with Gasteiger partial charge in [-0.2, -0.15) is 5.10 Å². The lowest BCUT2D eigenvalue weighted by Crippen LogP contribution is -2.48. The van der Waals surface area contributed by atoms with Gasteiger partial charge in [0.25, 0.3) is 0 Å². The van der Waals surface area contributed by atoms with Crippen LogP contribution in [0.25, 0.3) is 0 Å². The molecule has 25 heavy (non-hydrogen) atoms. The average Bonchev–Trinajstić information content (AvgIpc) is 3.27. The first-order valence-electron chi connectivity index (χ1n) is 8.71. The van der Waals surface area contributed by atoms with Crippen LogP contribution in [0, 0.1) is 0 Å². The predicted octanol–water partition coefficient (Wildman–Crippen LogP) is 0.571. The van der Waals surface area contributed by atoms with E-state index in [-0.39, 0.29) is 6.10 Å². The number of guanidine groups is 1. The Morgan fingerprint density at radius 3 is 3.04 bits per heavy atom. The number of aromatic nitrogens is 5. The second kappa shape index (κ2) is 8.11. The zero-order valence-electron chi connectivity index (χ0n) is 15.1. The monoisotopic (exact) mass is 346 g/mol. The van der Waals surface area contributed by atoms with E-state index < -0.39 is 0 Å². The number of ether oxygens (including phenoxy) is 1. The maximum atomic E-state index is 5.92. The van der Waals surface area contributed by atoms with Gasteiger partial charge in [0.05, 0.1) is 19.3 Å². The van der Waals surface area contributed by atoms with Crippen molar-refractivity contribution in [2.45, 2.75) is 33.0 Å². The third-order valence-corrected chi connectivity index (χ3v) is 4.20. The third-order valence-electron chi connectivity index (χ3n) is 4.20. The molecule has 136 valence electrons. The van der Waals surface area contributed by atoms with Gasteiger partial charge in [-0.05, 0) is 13.8 Å². The zero-order valence-corrected chi connectivity index (χ0v) is 15.1. The molecule has 1 saturated heterocycles. The minimum atomic E-state index is 0.00519. The molecule has 0 radical (unpaired) electrons. The molecule has 0 aromatic carbocycles. The van der Waals surface area contributed by atoms with Crippen molar-refractivity contribution >= 4 is 5.96 Å². The van der Waals surface area contributed by atoms with Crippen molar-refractivity contribution in [3.05, 3.63) is 30.1 Å². The lowest BCUT2D eigenvalue weighted by Gasteiger charge is -2.34. The number of rotatable bonds is 5. The minimum absolute atomic E-state index is 0.00519. The van der Waals surface area contributed by atoms with Crippen molar-refractivity contribution in [1.82, 2.24) is 34.8 Å². The van der Waals surface area contributed by atoms with E-state index in [2.05, 4.69) is 39.4 Å². The van der Waals surface area contributed by atoms with Crippen LogP contribution < -0.4 is 5.32 Å². The van der Waals surface area contributed by atoms with Gasteiger partial charge in [-0.25, -0.2) is 4.99 Å². The number of hydrogen-bond donors (Lipinski definition) is 1.